The quantitative estimate of drug-likeness (QED) is 0.887. The summed E-state index contributed by atoms with van der Waals surface area (Å²) in [4.78, 5) is 4.00. The minimum absolute atomic E-state index is 0.0385. The third-order valence-electron chi connectivity index (χ3n) is 3.87. The van der Waals surface area contributed by atoms with Crippen molar-refractivity contribution in [3.8, 4) is 0 Å². The molecule has 2 rings (SSSR count). The van der Waals surface area contributed by atoms with Gasteiger partial charge in [-0.15, -0.1) is 0 Å². The van der Waals surface area contributed by atoms with E-state index in [9.17, 15) is 8.42 Å². The van der Waals surface area contributed by atoms with E-state index in [1.54, 1.807) is 24.1 Å². The number of hydrogen-bond acceptors (Lipinski definition) is 4. The van der Waals surface area contributed by atoms with Gasteiger partial charge in [-0.25, -0.2) is 13.4 Å². The minimum atomic E-state index is -3.48. The fourth-order valence-electron chi connectivity index (χ4n) is 2.45. The molecule has 0 unspecified atom stereocenters. The largest absolute Gasteiger partial charge is 0.336 e. The Morgan fingerprint density at radius 2 is 2.05 bits per heavy atom. The third kappa shape index (κ3) is 2.98. The van der Waals surface area contributed by atoms with Crippen LogP contribution in [-0.4, -0.2) is 41.4 Å². The highest BCUT2D eigenvalue weighted by molar-refractivity contribution is 7.89. The Balaban J connectivity index is 2.14. The molecule has 0 aliphatic heterocycles. The Labute approximate surface area is 114 Å². The number of aromatic nitrogens is 2. The van der Waals surface area contributed by atoms with Crippen LogP contribution in [0.3, 0.4) is 0 Å². The van der Waals surface area contributed by atoms with Gasteiger partial charge in [-0.2, -0.15) is 4.31 Å². The highest BCUT2D eigenvalue weighted by atomic mass is 32.2. The van der Waals surface area contributed by atoms with E-state index in [4.69, 9.17) is 5.73 Å². The maximum atomic E-state index is 12.5. The van der Waals surface area contributed by atoms with Crippen LogP contribution in [0, 0.1) is 0 Å². The lowest BCUT2D eigenvalue weighted by Gasteiger charge is -2.32. The number of sulfonamides is 1. The molecule has 0 radical (unpaired) electrons. The maximum Gasteiger partial charge on any atom is 0.262 e. The molecule has 1 aliphatic carbocycles. The Hall–Kier alpha value is -0.920. The number of imidazole rings is 1. The van der Waals surface area contributed by atoms with Crippen LogP contribution in [0.4, 0.5) is 0 Å². The number of aryl methyl sites for hydroxylation is 1. The molecule has 1 aliphatic rings. The molecule has 0 amide bonds. The number of nitrogens with zero attached hydrogens (tertiary/aromatic N) is 3. The first kappa shape index (κ1) is 14.5. The summed E-state index contributed by atoms with van der Waals surface area (Å²) in [5.41, 5.74) is 5.85. The number of hydrogen-bond donors (Lipinski definition) is 1. The predicted molar refractivity (Wildman–Crippen MR) is 73.1 cm³/mol. The van der Waals surface area contributed by atoms with Gasteiger partial charge < -0.3 is 10.3 Å². The van der Waals surface area contributed by atoms with Crippen molar-refractivity contribution in [1.29, 1.82) is 0 Å². The molecule has 1 fully saturated rings. The van der Waals surface area contributed by atoms with E-state index in [0.29, 0.717) is 6.54 Å². The van der Waals surface area contributed by atoms with Gasteiger partial charge in [-0.3, -0.25) is 0 Å². The van der Waals surface area contributed by atoms with E-state index in [1.807, 2.05) is 6.92 Å². The van der Waals surface area contributed by atoms with E-state index in [0.717, 1.165) is 25.7 Å². The molecule has 0 aromatic carbocycles. The van der Waals surface area contributed by atoms with Crippen LogP contribution in [0.15, 0.2) is 17.6 Å². The molecule has 19 heavy (non-hydrogen) atoms. The number of rotatable bonds is 4. The molecule has 6 nitrogen and oxygen atoms in total. The van der Waals surface area contributed by atoms with Crippen LogP contribution in [0.5, 0.6) is 0 Å². The first-order valence-corrected chi connectivity index (χ1v) is 8.14. The normalized spacial score (nSPS) is 24.8. The standard InChI is InChI=1S/C12H22N4O2S/c1-3-16-8-12(14-9-16)19(17,18)15(2)11-6-4-10(13)5-7-11/h8-11H,3-7,13H2,1-2H3. The van der Waals surface area contributed by atoms with Crippen molar-refractivity contribution < 1.29 is 8.42 Å². The van der Waals surface area contributed by atoms with Crippen LogP contribution < -0.4 is 5.73 Å². The van der Waals surface area contributed by atoms with E-state index in [2.05, 4.69) is 4.98 Å². The van der Waals surface area contributed by atoms with Crippen molar-refractivity contribution in [2.75, 3.05) is 7.05 Å². The zero-order chi connectivity index (χ0) is 14.0. The van der Waals surface area contributed by atoms with Crippen LogP contribution in [-0.2, 0) is 16.6 Å². The molecule has 0 atom stereocenters. The summed E-state index contributed by atoms with van der Waals surface area (Å²) < 4.78 is 28.1. The summed E-state index contributed by atoms with van der Waals surface area (Å²) in [6, 6.07) is 0.253. The SMILES string of the molecule is CCn1cnc(S(=O)(=O)N(C)C2CCC(N)CC2)c1. The molecular weight excluding hydrogens is 264 g/mol. The van der Waals surface area contributed by atoms with E-state index < -0.39 is 10.0 Å². The van der Waals surface area contributed by atoms with Crippen LogP contribution in [0.2, 0.25) is 0 Å². The van der Waals surface area contributed by atoms with Crippen molar-refractivity contribution in [3.63, 3.8) is 0 Å². The Morgan fingerprint density at radius 3 is 2.58 bits per heavy atom. The van der Waals surface area contributed by atoms with Crippen molar-refractivity contribution in [3.05, 3.63) is 12.5 Å². The molecule has 1 aromatic rings. The van der Waals surface area contributed by atoms with Gasteiger partial charge in [0.25, 0.3) is 10.0 Å². The van der Waals surface area contributed by atoms with Gasteiger partial charge in [0, 0.05) is 31.9 Å². The Kier molecular flexibility index (Phi) is 4.27. The van der Waals surface area contributed by atoms with Crippen LogP contribution in [0.1, 0.15) is 32.6 Å². The van der Waals surface area contributed by atoms with Crippen molar-refractivity contribution in [1.82, 2.24) is 13.9 Å². The maximum absolute atomic E-state index is 12.5. The molecule has 1 saturated carbocycles. The van der Waals surface area contributed by atoms with Gasteiger partial charge in [0.2, 0.25) is 0 Å². The highest BCUT2D eigenvalue weighted by Gasteiger charge is 2.31. The monoisotopic (exact) mass is 286 g/mol. The summed E-state index contributed by atoms with van der Waals surface area (Å²) in [7, 11) is -1.84. The first-order chi connectivity index (χ1) is 8.95. The fraction of sp³-hybridized carbons (Fsp3) is 0.750. The van der Waals surface area contributed by atoms with Crippen molar-refractivity contribution in [2.24, 2.45) is 5.73 Å². The molecule has 2 N–H and O–H groups in total. The molecule has 0 bridgehead atoms. The van der Waals surface area contributed by atoms with E-state index in [-0.39, 0.29) is 17.1 Å². The summed E-state index contributed by atoms with van der Waals surface area (Å²) >= 11 is 0. The molecule has 1 aromatic heterocycles. The van der Waals surface area contributed by atoms with E-state index >= 15 is 0 Å². The zero-order valence-corrected chi connectivity index (χ0v) is 12.3. The van der Waals surface area contributed by atoms with Gasteiger partial charge in [0.1, 0.15) is 0 Å². The predicted octanol–water partition coefficient (Wildman–Crippen LogP) is 0.793. The van der Waals surface area contributed by atoms with E-state index in [1.165, 1.54) is 4.31 Å². The van der Waals surface area contributed by atoms with Gasteiger partial charge in [-0.05, 0) is 32.6 Å². The lowest BCUT2D eigenvalue weighted by molar-refractivity contribution is 0.268. The van der Waals surface area contributed by atoms with Gasteiger partial charge in [-0.1, -0.05) is 0 Å². The average molecular weight is 286 g/mol. The average Bonchev–Trinajstić information content (AvgIpc) is 2.88. The van der Waals surface area contributed by atoms with Crippen molar-refractivity contribution in [2.45, 2.75) is 56.3 Å². The van der Waals surface area contributed by atoms with Crippen molar-refractivity contribution >= 4 is 10.0 Å². The van der Waals surface area contributed by atoms with Crippen LogP contribution in [0.25, 0.3) is 0 Å². The highest BCUT2D eigenvalue weighted by Crippen LogP contribution is 2.25. The topological polar surface area (TPSA) is 81.2 Å². The second-order valence-corrected chi connectivity index (χ2v) is 7.08. The second-order valence-electron chi connectivity index (χ2n) is 5.13. The lowest BCUT2D eigenvalue weighted by Crippen LogP contribution is -2.41. The number of nitrogens with two attached hydrogens (primary N) is 1. The summed E-state index contributed by atoms with van der Waals surface area (Å²) in [6.45, 7) is 2.66. The first-order valence-electron chi connectivity index (χ1n) is 6.70. The molecule has 7 heteroatoms. The molecule has 1 heterocycles. The minimum Gasteiger partial charge on any atom is -0.336 e. The zero-order valence-electron chi connectivity index (χ0n) is 11.5. The van der Waals surface area contributed by atoms with Gasteiger partial charge >= 0.3 is 0 Å². The lowest BCUT2D eigenvalue weighted by atomic mass is 9.92. The summed E-state index contributed by atoms with van der Waals surface area (Å²) in [6.07, 6.45) is 6.55. The molecule has 0 spiro atoms. The fourth-order valence-corrected chi connectivity index (χ4v) is 3.80. The summed E-state index contributed by atoms with van der Waals surface area (Å²) in [5.74, 6) is 0. The smallest absolute Gasteiger partial charge is 0.262 e. The molecule has 0 saturated heterocycles. The third-order valence-corrected chi connectivity index (χ3v) is 5.67. The van der Waals surface area contributed by atoms with Crippen LogP contribution >= 0.6 is 0 Å². The Morgan fingerprint density at radius 1 is 1.42 bits per heavy atom. The molecular formula is C12H22N4O2S. The molecule has 108 valence electrons. The van der Waals surface area contributed by atoms with Gasteiger partial charge in [0.15, 0.2) is 5.03 Å². The Bertz CT molecular complexity index is 518. The van der Waals surface area contributed by atoms with Gasteiger partial charge in [0.05, 0.1) is 6.33 Å². The summed E-state index contributed by atoms with van der Waals surface area (Å²) in [5, 5.41) is 0.131. The second kappa shape index (κ2) is 5.60.